The summed E-state index contributed by atoms with van der Waals surface area (Å²) in [6.45, 7) is 2.67. The average molecular weight is 715 g/mol. The van der Waals surface area contributed by atoms with Crippen molar-refractivity contribution in [3.63, 3.8) is 0 Å². The van der Waals surface area contributed by atoms with Gasteiger partial charge in [0.15, 0.2) is 11.6 Å². The van der Waals surface area contributed by atoms with E-state index in [4.69, 9.17) is 9.47 Å². The second-order valence-corrected chi connectivity index (χ2v) is 13.5. The van der Waals surface area contributed by atoms with Gasteiger partial charge in [0.05, 0.1) is 71.3 Å². The van der Waals surface area contributed by atoms with E-state index in [1.165, 1.54) is 64.5 Å². The van der Waals surface area contributed by atoms with E-state index in [-0.39, 0.29) is 66.4 Å². The summed E-state index contributed by atoms with van der Waals surface area (Å²) in [4.78, 5) is 49.8. The van der Waals surface area contributed by atoms with Gasteiger partial charge in [0.25, 0.3) is 0 Å². The normalized spacial score (nSPS) is 23.3. The number of fused-ring (bicyclic) bond motifs is 4. The van der Waals surface area contributed by atoms with Gasteiger partial charge >= 0.3 is 11.9 Å². The van der Waals surface area contributed by atoms with Gasteiger partial charge in [-0.3, -0.25) is 9.59 Å². The van der Waals surface area contributed by atoms with Crippen LogP contribution in [-0.2, 0) is 19.1 Å². The average Bonchev–Trinajstić information content (AvgIpc) is 3.02. The molecule has 0 unspecified atom stereocenters. The summed E-state index contributed by atoms with van der Waals surface area (Å²) in [5.74, 6) is -9.33. The van der Waals surface area contributed by atoms with Crippen LogP contribution < -0.4 is 0 Å². The number of carboxylic acids is 2. The van der Waals surface area contributed by atoms with Crippen molar-refractivity contribution in [3.8, 4) is 34.1 Å². The van der Waals surface area contributed by atoms with Gasteiger partial charge < -0.3 is 50.3 Å². The molecule has 0 heterocycles. The topological polar surface area (TPSA) is 249 Å². The van der Waals surface area contributed by atoms with Crippen molar-refractivity contribution in [3.05, 3.63) is 82.3 Å². The monoisotopic (exact) mass is 714 g/mol. The molecule has 2 aliphatic rings. The zero-order chi connectivity index (χ0) is 38.2. The molecule has 0 amide bonds. The molecule has 0 spiro atoms. The Labute approximate surface area is 294 Å². The SMILES string of the molecule is CO/C(=C/C(=O)O)[C@H]1c2cc3ccc(-c4ccc5cc6c(c(O)c5c4O)C(=O)C[C@@](C)(O)[C@H]6/C(=C\C(=O)O)OC)c(O)c3c(O)c2C(=O)C[C@@]1(C)O. The van der Waals surface area contributed by atoms with Crippen molar-refractivity contribution in [1.82, 2.24) is 0 Å². The molecule has 14 nitrogen and oxygen atoms in total. The number of rotatable bonds is 7. The number of phenols is 4. The zero-order valence-electron chi connectivity index (χ0n) is 28.2. The van der Waals surface area contributed by atoms with Gasteiger partial charge in [-0.15, -0.1) is 0 Å². The molecule has 0 saturated heterocycles. The molecule has 0 fully saturated rings. The maximum absolute atomic E-state index is 13.3. The smallest absolute Gasteiger partial charge is 0.331 e. The minimum Gasteiger partial charge on any atom is -0.507 e. The van der Waals surface area contributed by atoms with Crippen molar-refractivity contribution in [2.45, 2.75) is 49.7 Å². The minimum atomic E-state index is -1.81. The molecule has 270 valence electrons. The van der Waals surface area contributed by atoms with Crippen LogP contribution in [0.4, 0.5) is 0 Å². The predicted octanol–water partition coefficient (Wildman–Crippen LogP) is 4.55. The number of aliphatic carboxylic acids is 2. The van der Waals surface area contributed by atoms with Crippen LogP contribution in [0.1, 0.15) is 70.4 Å². The number of hydrogen-bond acceptors (Lipinski definition) is 12. The summed E-state index contributed by atoms with van der Waals surface area (Å²) in [6.07, 6.45) is 0.447. The summed E-state index contributed by atoms with van der Waals surface area (Å²) in [5, 5.41) is 87.5. The number of benzene rings is 4. The molecular weight excluding hydrogens is 680 g/mol. The van der Waals surface area contributed by atoms with Gasteiger partial charge in [0.2, 0.25) is 0 Å². The molecule has 0 bridgehead atoms. The van der Waals surface area contributed by atoms with Crippen molar-refractivity contribution in [2.75, 3.05) is 14.2 Å². The molecule has 6 rings (SSSR count). The van der Waals surface area contributed by atoms with E-state index in [9.17, 15) is 60.0 Å². The Hall–Kier alpha value is -6.12. The predicted molar refractivity (Wildman–Crippen MR) is 184 cm³/mol. The number of carbonyl (C=O) groups is 4. The van der Waals surface area contributed by atoms with Crippen LogP contribution >= 0.6 is 0 Å². The van der Waals surface area contributed by atoms with Gasteiger partial charge in [0.1, 0.15) is 34.5 Å². The molecule has 4 aromatic rings. The summed E-state index contributed by atoms with van der Waals surface area (Å²) in [5.41, 5.74) is -4.13. The third kappa shape index (κ3) is 5.43. The summed E-state index contributed by atoms with van der Waals surface area (Å²) < 4.78 is 10.6. The van der Waals surface area contributed by atoms with Crippen LogP contribution in [-0.4, -0.2) is 89.8 Å². The molecule has 0 aromatic heterocycles. The first-order valence-corrected chi connectivity index (χ1v) is 15.9. The number of carboxylic acid groups (broad SMARTS) is 2. The highest BCUT2D eigenvalue weighted by Gasteiger charge is 2.48. The fourth-order valence-electron chi connectivity index (χ4n) is 7.81. The van der Waals surface area contributed by atoms with Crippen LogP contribution in [0.15, 0.2) is 60.1 Å². The van der Waals surface area contributed by atoms with E-state index in [1.54, 1.807) is 0 Å². The Morgan fingerprint density at radius 3 is 1.31 bits per heavy atom. The number of methoxy groups -OCH3 is 2. The van der Waals surface area contributed by atoms with Gasteiger partial charge in [0, 0.05) is 24.0 Å². The van der Waals surface area contributed by atoms with Crippen molar-refractivity contribution in [2.24, 2.45) is 0 Å². The van der Waals surface area contributed by atoms with Crippen molar-refractivity contribution in [1.29, 1.82) is 0 Å². The van der Waals surface area contributed by atoms with Gasteiger partial charge in [-0.05, 0) is 60.0 Å². The number of phenolic OH excluding ortho intramolecular Hbond substituents is 4. The quantitative estimate of drug-likeness (QED) is 0.0966. The Morgan fingerprint density at radius 2 is 1.00 bits per heavy atom. The largest absolute Gasteiger partial charge is 0.507 e. The van der Waals surface area contributed by atoms with Crippen LogP contribution in [0.3, 0.4) is 0 Å². The van der Waals surface area contributed by atoms with Crippen LogP contribution in [0.2, 0.25) is 0 Å². The zero-order valence-corrected chi connectivity index (χ0v) is 28.2. The van der Waals surface area contributed by atoms with E-state index in [2.05, 4.69) is 0 Å². The first-order valence-electron chi connectivity index (χ1n) is 15.9. The molecule has 0 radical (unpaired) electrons. The van der Waals surface area contributed by atoms with Crippen LogP contribution in [0.25, 0.3) is 32.7 Å². The molecule has 4 aromatic carbocycles. The molecular formula is C38H34O14. The van der Waals surface area contributed by atoms with E-state index >= 15 is 0 Å². The van der Waals surface area contributed by atoms with Crippen LogP contribution in [0.5, 0.6) is 23.0 Å². The molecule has 0 saturated carbocycles. The maximum Gasteiger partial charge on any atom is 0.331 e. The summed E-state index contributed by atoms with van der Waals surface area (Å²) >= 11 is 0. The molecule has 14 heteroatoms. The second kappa shape index (κ2) is 12.3. The fourth-order valence-corrected chi connectivity index (χ4v) is 7.81. The number of ether oxygens (including phenoxy) is 2. The Balaban J connectivity index is 1.57. The summed E-state index contributed by atoms with van der Waals surface area (Å²) in [7, 11) is 2.41. The Bertz CT molecular complexity index is 2160. The molecule has 2 aliphatic carbocycles. The third-order valence-electron chi connectivity index (χ3n) is 9.89. The molecule has 4 atom stereocenters. The second-order valence-electron chi connectivity index (χ2n) is 13.5. The molecule has 52 heavy (non-hydrogen) atoms. The van der Waals surface area contributed by atoms with E-state index in [0.29, 0.717) is 0 Å². The number of hydrogen-bond donors (Lipinski definition) is 8. The lowest BCUT2D eigenvalue weighted by atomic mass is 9.70. The van der Waals surface area contributed by atoms with Crippen molar-refractivity contribution < 1.29 is 69.5 Å². The maximum atomic E-state index is 13.3. The van der Waals surface area contributed by atoms with E-state index in [1.807, 2.05) is 0 Å². The fraction of sp³-hybridized carbons (Fsp3) is 0.263. The Kier molecular flexibility index (Phi) is 8.43. The lowest BCUT2D eigenvalue weighted by Gasteiger charge is -2.39. The number of aliphatic hydroxyl groups is 2. The first kappa shape index (κ1) is 35.7. The number of aromatic hydroxyl groups is 4. The van der Waals surface area contributed by atoms with E-state index < -0.39 is 82.4 Å². The Morgan fingerprint density at radius 1 is 0.654 bits per heavy atom. The number of carbonyl (C=O) groups excluding carboxylic acids is 2. The standard InChI is InChI=1S/C38H34O14/c1-37(49)13-21(39)29-19(31(37)23(51-3)11-25(41)42)9-15-5-7-17(33(45)27(15)35(29)47)18-8-6-16-10-20-30(36(48)28(16)34(18)46)22(40)14-38(2,50)32(20)24(52-4)12-26(43)44/h5-12,31-32,45-50H,13-14H2,1-4H3,(H,41,42)(H,43,44)/b23-11+,24-12+/t31-,32-,37-,38-/m1/s1. The highest BCUT2D eigenvalue weighted by atomic mass is 16.5. The van der Waals surface area contributed by atoms with E-state index in [0.717, 1.165) is 12.2 Å². The molecule has 8 N–H and O–H groups in total. The van der Waals surface area contributed by atoms with Gasteiger partial charge in [-0.1, -0.05) is 12.1 Å². The highest BCUT2D eigenvalue weighted by Crippen LogP contribution is 2.54. The first-order chi connectivity index (χ1) is 24.3. The molecule has 0 aliphatic heterocycles. The lowest BCUT2D eigenvalue weighted by molar-refractivity contribution is -0.132. The van der Waals surface area contributed by atoms with Crippen molar-refractivity contribution >= 4 is 45.0 Å². The van der Waals surface area contributed by atoms with Gasteiger partial charge in [-0.2, -0.15) is 0 Å². The lowest BCUT2D eigenvalue weighted by Crippen LogP contribution is -2.41. The minimum absolute atomic E-state index is 0.0485. The third-order valence-corrected chi connectivity index (χ3v) is 9.89. The summed E-state index contributed by atoms with van der Waals surface area (Å²) in [6, 6.07) is 8.53. The number of Topliss-reactive ketones (excluding diaryl/α,β-unsaturated/α-hetero) is 2. The number of ketones is 2. The van der Waals surface area contributed by atoms with Gasteiger partial charge in [-0.25, -0.2) is 9.59 Å². The highest BCUT2D eigenvalue weighted by molar-refractivity contribution is 6.13. The van der Waals surface area contributed by atoms with Crippen LogP contribution in [0, 0.1) is 0 Å².